The summed E-state index contributed by atoms with van der Waals surface area (Å²) < 4.78 is 1.71. The minimum atomic E-state index is -0.0873. The first-order valence-electron chi connectivity index (χ1n) is 9.14. The predicted octanol–water partition coefficient (Wildman–Crippen LogP) is 2.88. The molecule has 4 N–H and O–H groups in total. The summed E-state index contributed by atoms with van der Waals surface area (Å²) in [4.78, 5) is 13.1. The SMILES string of the molecule is NC(N)=N/N=C1\CC(c2ccccc2)Cc2c1ccn2C(=O)c1ccccc1. The molecule has 0 amide bonds. The van der Waals surface area contributed by atoms with E-state index in [0.717, 1.165) is 23.4 Å². The number of rotatable bonds is 3. The van der Waals surface area contributed by atoms with E-state index < -0.39 is 0 Å². The van der Waals surface area contributed by atoms with Gasteiger partial charge in [-0.15, -0.1) is 5.10 Å². The Labute approximate surface area is 163 Å². The Morgan fingerprint density at radius 2 is 1.61 bits per heavy atom. The maximum Gasteiger partial charge on any atom is 0.262 e. The molecule has 0 fully saturated rings. The number of aromatic nitrogens is 1. The third kappa shape index (κ3) is 3.44. The molecule has 0 aliphatic heterocycles. The predicted molar refractivity (Wildman–Crippen MR) is 110 cm³/mol. The van der Waals surface area contributed by atoms with Crippen LogP contribution in [-0.4, -0.2) is 22.1 Å². The van der Waals surface area contributed by atoms with Crippen molar-refractivity contribution in [1.29, 1.82) is 0 Å². The summed E-state index contributed by atoms with van der Waals surface area (Å²) in [6.45, 7) is 0. The molecule has 28 heavy (non-hydrogen) atoms. The minimum absolute atomic E-state index is 0.0586. The van der Waals surface area contributed by atoms with Crippen LogP contribution in [0.15, 0.2) is 83.1 Å². The van der Waals surface area contributed by atoms with Crippen molar-refractivity contribution >= 4 is 17.6 Å². The largest absolute Gasteiger partial charge is 0.369 e. The summed E-state index contributed by atoms with van der Waals surface area (Å²) in [5, 5.41) is 8.13. The number of carbonyl (C=O) groups excluding carboxylic acids is 1. The first kappa shape index (κ1) is 17.7. The molecule has 0 radical (unpaired) electrons. The fourth-order valence-electron chi connectivity index (χ4n) is 3.67. The van der Waals surface area contributed by atoms with Crippen LogP contribution in [0.4, 0.5) is 0 Å². The molecule has 1 heterocycles. The number of nitrogens with zero attached hydrogens (tertiary/aromatic N) is 3. The first-order chi connectivity index (χ1) is 13.6. The highest BCUT2D eigenvalue weighted by atomic mass is 16.2. The number of hydrogen-bond acceptors (Lipinski definition) is 3. The molecule has 0 bridgehead atoms. The molecule has 4 rings (SSSR count). The lowest BCUT2D eigenvalue weighted by Gasteiger charge is -2.25. The zero-order valence-corrected chi connectivity index (χ0v) is 15.3. The molecule has 3 aromatic rings. The Morgan fingerprint density at radius 1 is 0.929 bits per heavy atom. The summed E-state index contributed by atoms with van der Waals surface area (Å²) >= 11 is 0. The first-order valence-corrected chi connectivity index (χ1v) is 9.14. The highest BCUT2D eigenvalue weighted by Gasteiger charge is 2.29. The molecule has 2 aromatic carbocycles. The molecule has 6 nitrogen and oxygen atoms in total. The number of fused-ring (bicyclic) bond motifs is 1. The van der Waals surface area contributed by atoms with Gasteiger partial charge in [0.1, 0.15) is 0 Å². The lowest BCUT2D eigenvalue weighted by atomic mass is 9.82. The Kier molecular flexibility index (Phi) is 4.76. The van der Waals surface area contributed by atoms with Crippen LogP contribution in [0, 0.1) is 0 Å². The highest BCUT2D eigenvalue weighted by molar-refractivity contribution is 6.05. The fraction of sp³-hybridized carbons (Fsp3) is 0.136. The van der Waals surface area contributed by atoms with Gasteiger partial charge in [-0.3, -0.25) is 9.36 Å². The maximum atomic E-state index is 13.1. The van der Waals surface area contributed by atoms with E-state index >= 15 is 0 Å². The molecule has 0 spiro atoms. The number of nitrogens with two attached hydrogens (primary N) is 2. The lowest BCUT2D eigenvalue weighted by molar-refractivity contribution is 0.0957. The van der Waals surface area contributed by atoms with Gasteiger partial charge in [-0.2, -0.15) is 5.10 Å². The molecule has 1 atom stereocenters. The van der Waals surface area contributed by atoms with Gasteiger partial charge in [-0.1, -0.05) is 48.5 Å². The van der Waals surface area contributed by atoms with Crippen molar-refractivity contribution in [3.05, 3.63) is 95.3 Å². The van der Waals surface area contributed by atoms with Gasteiger partial charge in [-0.25, -0.2) is 0 Å². The van der Waals surface area contributed by atoms with Crippen molar-refractivity contribution in [2.45, 2.75) is 18.8 Å². The minimum Gasteiger partial charge on any atom is -0.369 e. The normalized spacial score (nSPS) is 17.1. The van der Waals surface area contributed by atoms with Gasteiger partial charge in [0.2, 0.25) is 5.96 Å². The van der Waals surface area contributed by atoms with Crippen LogP contribution in [-0.2, 0) is 6.42 Å². The average molecular weight is 371 g/mol. The van der Waals surface area contributed by atoms with Crippen LogP contribution >= 0.6 is 0 Å². The van der Waals surface area contributed by atoms with Gasteiger partial charge in [0.05, 0.1) is 5.71 Å². The van der Waals surface area contributed by atoms with E-state index in [1.807, 2.05) is 54.6 Å². The topological polar surface area (TPSA) is 98.8 Å². The van der Waals surface area contributed by atoms with Crippen molar-refractivity contribution in [2.75, 3.05) is 0 Å². The van der Waals surface area contributed by atoms with E-state index in [0.29, 0.717) is 12.0 Å². The van der Waals surface area contributed by atoms with Crippen molar-refractivity contribution in [3.8, 4) is 0 Å². The molecule has 0 saturated heterocycles. The molecule has 1 aliphatic carbocycles. The highest BCUT2D eigenvalue weighted by Crippen LogP contribution is 2.34. The van der Waals surface area contributed by atoms with E-state index in [9.17, 15) is 4.79 Å². The van der Waals surface area contributed by atoms with Crippen LogP contribution in [0.3, 0.4) is 0 Å². The van der Waals surface area contributed by atoms with E-state index in [2.05, 4.69) is 22.3 Å². The van der Waals surface area contributed by atoms with Crippen molar-refractivity contribution < 1.29 is 4.79 Å². The molecular formula is C22H21N5O. The number of guanidine groups is 1. The molecule has 0 saturated carbocycles. The van der Waals surface area contributed by atoms with E-state index in [-0.39, 0.29) is 17.8 Å². The number of hydrogen-bond donors (Lipinski definition) is 2. The summed E-state index contributed by atoms with van der Waals surface area (Å²) in [6, 6.07) is 21.4. The zero-order valence-electron chi connectivity index (χ0n) is 15.3. The van der Waals surface area contributed by atoms with Crippen LogP contribution in [0.5, 0.6) is 0 Å². The number of carbonyl (C=O) groups is 1. The van der Waals surface area contributed by atoms with Crippen LogP contribution in [0.1, 0.15) is 39.5 Å². The maximum absolute atomic E-state index is 13.1. The summed E-state index contributed by atoms with van der Waals surface area (Å²) in [5.41, 5.74) is 15.4. The van der Waals surface area contributed by atoms with Gasteiger partial charge in [0, 0.05) is 23.0 Å². The second-order valence-electron chi connectivity index (χ2n) is 6.80. The molecule has 140 valence electrons. The quantitative estimate of drug-likeness (QED) is 0.421. The lowest BCUT2D eigenvalue weighted by Crippen LogP contribution is -2.25. The molecule has 1 aromatic heterocycles. The van der Waals surface area contributed by atoms with Gasteiger partial charge in [-0.05, 0) is 42.5 Å². The fourth-order valence-corrected chi connectivity index (χ4v) is 3.67. The van der Waals surface area contributed by atoms with E-state index in [1.54, 1.807) is 10.8 Å². The second-order valence-corrected chi connectivity index (χ2v) is 6.80. The van der Waals surface area contributed by atoms with Gasteiger partial charge >= 0.3 is 0 Å². The Bertz CT molecular complexity index is 1050. The second kappa shape index (κ2) is 7.52. The van der Waals surface area contributed by atoms with Gasteiger partial charge < -0.3 is 11.5 Å². The van der Waals surface area contributed by atoms with Crippen molar-refractivity contribution in [2.24, 2.45) is 21.7 Å². The summed E-state index contributed by atoms with van der Waals surface area (Å²) in [7, 11) is 0. The van der Waals surface area contributed by atoms with Gasteiger partial charge in [0.25, 0.3) is 5.91 Å². The standard InChI is InChI=1S/C22H21N5O/c23-22(24)26-25-19-13-17(15-7-3-1-4-8-15)14-20-18(19)11-12-27(20)21(28)16-9-5-2-6-10-16/h1-12,17H,13-14H2,(H4,23,24,26)/b25-19+. The van der Waals surface area contributed by atoms with Gasteiger partial charge in [0.15, 0.2) is 0 Å². The zero-order chi connectivity index (χ0) is 19.5. The Hall–Kier alpha value is -3.67. The van der Waals surface area contributed by atoms with E-state index in [4.69, 9.17) is 11.5 Å². The third-order valence-electron chi connectivity index (χ3n) is 4.98. The average Bonchev–Trinajstić information content (AvgIpc) is 3.16. The molecule has 1 aliphatic rings. The third-order valence-corrected chi connectivity index (χ3v) is 4.98. The van der Waals surface area contributed by atoms with Crippen molar-refractivity contribution in [3.63, 3.8) is 0 Å². The van der Waals surface area contributed by atoms with E-state index in [1.165, 1.54) is 5.56 Å². The smallest absolute Gasteiger partial charge is 0.262 e. The summed E-state index contributed by atoms with van der Waals surface area (Å²) in [5.74, 6) is 0.0475. The Balaban J connectivity index is 1.78. The number of benzene rings is 2. The van der Waals surface area contributed by atoms with Crippen LogP contribution < -0.4 is 11.5 Å². The monoisotopic (exact) mass is 371 g/mol. The van der Waals surface area contributed by atoms with Crippen LogP contribution in [0.25, 0.3) is 0 Å². The molecule has 1 unspecified atom stereocenters. The molecule has 6 heteroatoms. The Morgan fingerprint density at radius 3 is 2.29 bits per heavy atom. The molecular weight excluding hydrogens is 350 g/mol. The van der Waals surface area contributed by atoms with Crippen molar-refractivity contribution in [1.82, 2.24) is 4.57 Å². The summed E-state index contributed by atoms with van der Waals surface area (Å²) in [6.07, 6.45) is 3.25. The van der Waals surface area contributed by atoms with Crippen LogP contribution in [0.2, 0.25) is 0 Å².